The minimum atomic E-state index is 0.161. The van der Waals surface area contributed by atoms with Crippen LogP contribution in [-0.2, 0) is 0 Å². The summed E-state index contributed by atoms with van der Waals surface area (Å²) in [5.74, 6) is 0.899. The first-order chi connectivity index (χ1) is 9.65. The molecule has 3 rings (SSSR count). The van der Waals surface area contributed by atoms with Gasteiger partial charge in [0.2, 0.25) is 0 Å². The van der Waals surface area contributed by atoms with E-state index in [1.165, 1.54) is 11.3 Å². The number of amides is 1. The minimum Gasteiger partial charge on any atom is -0.338 e. The van der Waals surface area contributed by atoms with E-state index in [9.17, 15) is 4.79 Å². The van der Waals surface area contributed by atoms with Crippen molar-refractivity contribution >= 4 is 28.6 Å². The van der Waals surface area contributed by atoms with Crippen LogP contribution in [0.15, 0.2) is 16.8 Å². The summed E-state index contributed by atoms with van der Waals surface area (Å²) in [6.45, 7) is 5.96. The van der Waals surface area contributed by atoms with E-state index >= 15 is 0 Å². The predicted molar refractivity (Wildman–Crippen MR) is 84.5 cm³/mol. The van der Waals surface area contributed by atoms with Gasteiger partial charge in [0.15, 0.2) is 0 Å². The number of rotatable bonds is 2. The topological polar surface area (TPSA) is 33.2 Å². The molecule has 0 aromatic carbocycles. The Morgan fingerprint density at radius 1 is 1.40 bits per heavy atom. The molecule has 2 aromatic heterocycles. The summed E-state index contributed by atoms with van der Waals surface area (Å²) in [4.78, 5) is 20.0. The van der Waals surface area contributed by atoms with Gasteiger partial charge in [-0.15, -0.1) is 11.3 Å². The first-order valence-corrected chi connectivity index (χ1v) is 8.70. The fourth-order valence-corrected chi connectivity index (χ4v) is 4.21. The maximum absolute atomic E-state index is 12.6. The third-order valence-corrected chi connectivity index (χ3v) is 5.71. The predicted octanol–water partition coefficient (Wildman–Crippen LogP) is 4.05. The Balaban J connectivity index is 1.81. The van der Waals surface area contributed by atoms with Gasteiger partial charge < -0.3 is 4.90 Å². The van der Waals surface area contributed by atoms with Crippen molar-refractivity contribution in [2.24, 2.45) is 5.92 Å². The molecule has 0 N–H and O–H groups in total. The van der Waals surface area contributed by atoms with Crippen LogP contribution in [0.4, 0.5) is 0 Å². The average molecular weight is 306 g/mol. The molecule has 2 aromatic rings. The number of carbonyl (C=O) groups excluding carboxylic acids is 1. The van der Waals surface area contributed by atoms with Gasteiger partial charge in [0.25, 0.3) is 5.91 Å². The number of carbonyl (C=O) groups is 1. The largest absolute Gasteiger partial charge is 0.338 e. The molecule has 1 aliphatic rings. The van der Waals surface area contributed by atoms with Crippen molar-refractivity contribution in [3.8, 4) is 10.6 Å². The molecule has 1 aliphatic heterocycles. The lowest BCUT2D eigenvalue weighted by Crippen LogP contribution is -2.37. The van der Waals surface area contributed by atoms with Gasteiger partial charge in [-0.05, 0) is 37.1 Å². The van der Waals surface area contributed by atoms with Crippen molar-refractivity contribution in [1.82, 2.24) is 9.88 Å². The monoisotopic (exact) mass is 306 g/mol. The molecule has 1 amide bonds. The summed E-state index contributed by atoms with van der Waals surface area (Å²) >= 11 is 3.18. The van der Waals surface area contributed by atoms with Crippen LogP contribution in [-0.4, -0.2) is 28.9 Å². The number of thiazole rings is 1. The summed E-state index contributed by atoms with van der Waals surface area (Å²) < 4.78 is 0. The van der Waals surface area contributed by atoms with Gasteiger partial charge in [0.05, 0.1) is 5.69 Å². The molecule has 106 valence electrons. The zero-order chi connectivity index (χ0) is 14.1. The van der Waals surface area contributed by atoms with Crippen LogP contribution >= 0.6 is 22.7 Å². The average Bonchev–Trinajstić information content (AvgIpc) is 3.08. The molecule has 0 spiro atoms. The summed E-state index contributed by atoms with van der Waals surface area (Å²) in [6.07, 6.45) is 2.22. The van der Waals surface area contributed by atoms with E-state index < -0.39 is 0 Å². The highest BCUT2D eigenvalue weighted by Crippen LogP contribution is 2.30. The molecule has 5 heteroatoms. The first-order valence-electron chi connectivity index (χ1n) is 6.94. The molecule has 1 saturated heterocycles. The van der Waals surface area contributed by atoms with Gasteiger partial charge in [-0.1, -0.05) is 6.92 Å². The third kappa shape index (κ3) is 2.65. The number of aryl methyl sites for hydroxylation is 1. The van der Waals surface area contributed by atoms with E-state index in [0.29, 0.717) is 0 Å². The lowest BCUT2D eigenvalue weighted by molar-refractivity contribution is 0.0701. The van der Waals surface area contributed by atoms with Gasteiger partial charge in [-0.3, -0.25) is 4.79 Å². The highest BCUT2D eigenvalue weighted by Gasteiger charge is 2.25. The Morgan fingerprint density at radius 2 is 2.15 bits per heavy atom. The van der Waals surface area contributed by atoms with E-state index in [4.69, 9.17) is 0 Å². The highest BCUT2D eigenvalue weighted by molar-refractivity contribution is 7.17. The summed E-state index contributed by atoms with van der Waals surface area (Å²) in [5.41, 5.74) is 1.98. The van der Waals surface area contributed by atoms with Crippen LogP contribution in [0, 0.1) is 12.8 Å². The molecule has 0 atom stereocenters. The molecule has 0 radical (unpaired) electrons. The van der Waals surface area contributed by atoms with Gasteiger partial charge in [-0.25, -0.2) is 4.98 Å². The van der Waals surface area contributed by atoms with Crippen molar-refractivity contribution in [1.29, 1.82) is 0 Å². The van der Waals surface area contributed by atoms with E-state index in [1.807, 2.05) is 17.2 Å². The second kappa shape index (κ2) is 5.66. The van der Waals surface area contributed by atoms with Crippen LogP contribution in [0.5, 0.6) is 0 Å². The van der Waals surface area contributed by atoms with Crippen molar-refractivity contribution in [3.63, 3.8) is 0 Å². The number of piperidine rings is 1. The Bertz CT molecular complexity index is 595. The zero-order valence-electron chi connectivity index (χ0n) is 11.8. The van der Waals surface area contributed by atoms with E-state index in [2.05, 4.69) is 23.4 Å². The number of hydrogen-bond acceptors (Lipinski definition) is 4. The molecule has 1 fully saturated rings. The number of thiophene rings is 1. The summed E-state index contributed by atoms with van der Waals surface area (Å²) in [5, 5.41) is 5.08. The van der Waals surface area contributed by atoms with E-state index in [0.717, 1.165) is 53.0 Å². The Labute approximate surface area is 127 Å². The van der Waals surface area contributed by atoms with Crippen LogP contribution < -0.4 is 0 Å². The van der Waals surface area contributed by atoms with Crippen molar-refractivity contribution in [3.05, 3.63) is 27.4 Å². The standard InChI is InChI=1S/C15H18N2OS2/c1-10-3-6-17(7-4-10)15(18)13-11(2)16-14(20-13)12-5-8-19-9-12/h5,8-10H,3-4,6-7H2,1-2H3. The van der Waals surface area contributed by atoms with Crippen LogP contribution in [0.25, 0.3) is 10.6 Å². The fraction of sp³-hybridized carbons (Fsp3) is 0.467. The number of aromatic nitrogens is 1. The highest BCUT2D eigenvalue weighted by atomic mass is 32.1. The smallest absolute Gasteiger partial charge is 0.265 e. The van der Waals surface area contributed by atoms with Crippen LogP contribution in [0.1, 0.15) is 35.1 Å². The minimum absolute atomic E-state index is 0.161. The van der Waals surface area contributed by atoms with Crippen LogP contribution in [0.2, 0.25) is 0 Å². The number of likely N-dealkylation sites (tertiary alicyclic amines) is 1. The second-order valence-corrected chi connectivity index (χ2v) is 7.20. The van der Waals surface area contributed by atoms with E-state index in [1.54, 1.807) is 11.3 Å². The number of hydrogen-bond donors (Lipinski definition) is 0. The lowest BCUT2D eigenvalue weighted by atomic mass is 9.99. The first kappa shape index (κ1) is 13.8. The van der Waals surface area contributed by atoms with Gasteiger partial charge >= 0.3 is 0 Å². The van der Waals surface area contributed by atoms with Crippen molar-refractivity contribution < 1.29 is 4.79 Å². The van der Waals surface area contributed by atoms with Crippen LogP contribution in [0.3, 0.4) is 0 Å². The summed E-state index contributed by atoms with van der Waals surface area (Å²) in [7, 11) is 0. The van der Waals surface area contributed by atoms with Crippen molar-refractivity contribution in [2.45, 2.75) is 26.7 Å². The SMILES string of the molecule is Cc1nc(-c2ccsc2)sc1C(=O)N1CCC(C)CC1. The fourth-order valence-electron chi connectivity index (χ4n) is 2.46. The molecule has 3 heterocycles. The van der Waals surface area contributed by atoms with Gasteiger partial charge in [0.1, 0.15) is 9.88 Å². The maximum Gasteiger partial charge on any atom is 0.265 e. The normalized spacial score (nSPS) is 16.6. The van der Waals surface area contributed by atoms with Gasteiger partial charge in [0, 0.05) is 24.0 Å². The molecule has 20 heavy (non-hydrogen) atoms. The molecular weight excluding hydrogens is 288 g/mol. The van der Waals surface area contributed by atoms with Gasteiger partial charge in [-0.2, -0.15) is 11.3 Å². The second-order valence-electron chi connectivity index (χ2n) is 5.42. The van der Waals surface area contributed by atoms with E-state index in [-0.39, 0.29) is 5.91 Å². The molecule has 0 unspecified atom stereocenters. The number of nitrogens with zero attached hydrogens (tertiary/aromatic N) is 2. The maximum atomic E-state index is 12.6. The molecule has 0 saturated carbocycles. The Kier molecular flexibility index (Phi) is 3.89. The molecule has 3 nitrogen and oxygen atoms in total. The molecule has 0 bridgehead atoms. The quantitative estimate of drug-likeness (QED) is 0.838. The lowest BCUT2D eigenvalue weighted by Gasteiger charge is -2.30. The van der Waals surface area contributed by atoms with Crippen molar-refractivity contribution in [2.75, 3.05) is 13.1 Å². The Hall–Kier alpha value is -1.20. The zero-order valence-corrected chi connectivity index (χ0v) is 13.4. The summed E-state index contributed by atoms with van der Waals surface area (Å²) in [6, 6.07) is 2.06. The third-order valence-electron chi connectivity index (χ3n) is 3.83. The Morgan fingerprint density at radius 3 is 2.80 bits per heavy atom. The molecular formula is C15H18N2OS2. The molecule has 0 aliphatic carbocycles.